The van der Waals surface area contributed by atoms with Gasteiger partial charge in [0.05, 0.1) is 10.6 Å². The molecule has 1 amide bonds. The minimum atomic E-state index is -0.484. The molecule has 0 aliphatic heterocycles. The van der Waals surface area contributed by atoms with Gasteiger partial charge in [-0.25, -0.2) is 4.79 Å². The van der Waals surface area contributed by atoms with E-state index in [9.17, 15) is 24.8 Å². The number of nitro groups is 1. The summed E-state index contributed by atoms with van der Waals surface area (Å²) in [6.07, 6.45) is 0.764. The number of aromatic amines is 1. The summed E-state index contributed by atoms with van der Waals surface area (Å²) >= 11 is 0. The number of hydrogen-bond acceptors (Lipinski definition) is 5. The van der Waals surface area contributed by atoms with Gasteiger partial charge in [-0.05, 0) is 29.7 Å². The van der Waals surface area contributed by atoms with Crippen LogP contribution in [0.1, 0.15) is 23.7 Å². The fourth-order valence-electron chi connectivity index (χ4n) is 2.98. The Kier molecular flexibility index (Phi) is 5.77. The third-order valence-corrected chi connectivity index (χ3v) is 4.46. The average molecular weight is 396 g/mol. The van der Waals surface area contributed by atoms with Gasteiger partial charge < -0.3 is 15.4 Å². The van der Waals surface area contributed by atoms with Crippen molar-refractivity contribution >= 4 is 17.3 Å². The zero-order chi connectivity index (χ0) is 21.0. The number of aromatic hydroxyl groups is 1. The average Bonchev–Trinajstić information content (AvgIpc) is 2.94. The second-order valence-electron chi connectivity index (χ2n) is 6.61. The minimum absolute atomic E-state index is 0.0199. The molecule has 150 valence electrons. The molecule has 0 fully saturated rings. The van der Waals surface area contributed by atoms with Crippen LogP contribution in [0.2, 0.25) is 0 Å². The number of aromatic nitrogens is 2. The van der Waals surface area contributed by atoms with E-state index in [1.54, 1.807) is 24.3 Å². The zero-order valence-electron chi connectivity index (χ0n) is 15.7. The number of hydrogen-bond donors (Lipinski definition) is 3. The number of benzene rings is 2. The summed E-state index contributed by atoms with van der Waals surface area (Å²) in [5, 5.41) is 23.8. The summed E-state index contributed by atoms with van der Waals surface area (Å²) in [4.78, 5) is 36.1. The molecular weight excluding hydrogens is 376 g/mol. The van der Waals surface area contributed by atoms with Gasteiger partial charge in [0.2, 0.25) is 11.8 Å². The SMILES string of the molecule is CC(=O)Nc1ccc(CCn2c(O)c(Cc3ccc([N+](=O)[O-])cc3)[nH]c2=O)cc1. The third kappa shape index (κ3) is 4.89. The van der Waals surface area contributed by atoms with E-state index in [0.717, 1.165) is 11.1 Å². The Labute approximate surface area is 165 Å². The smallest absolute Gasteiger partial charge is 0.328 e. The lowest BCUT2D eigenvalue weighted by Gasteiger charge is -2.06. The highest BCUT2D eigenvalue weighted by Gasteiger charge is 2.14. The summed E-state index contributed by atoms with van der Waals surface area (Å²) in [6.45, 7) is 1.71. The predicted octanol–water partition coefficient (Wildman–Crippen LogP) is 2.58. The molecule has 0 aliphatic rings. The second-order valence-corrected chi connectivity index (χ2v) is 6.61. The molecule has 0 radical (unpaired) electrons. The number of aryl methyl sites for hydroxylation is 1. The molecule has 0 atom stereocenters. The van der Waals surface area contributed by atoms with Gasteiger partial charge in [-0.2, -0.15) is 0 Å². The summed E-state index contributed by atoms with van der Waals surface area (Å²) in [6, 6.07) is 13.2. The first-order valence-corrected chi connectivity index (χ1v) is 8.94. The van der Waals surface area contributed by atoms with Crippen LogP contribution in [-0.4, -0.2) is 25.5 Å². The molecule has 0 saturated carbocycles. The van der Waals surface area contributed by atoms with Crippen molar-refractivity contribution in [1.29, 1.82) is 0 Å². The van der Waals surface area contributed by atoms with Crippen LogP contribution >= 0.6 is 0 Å². The van der Waals surface area contributed by atoms with E-state index in [1.165, 1.54) is 23.6 Å². The number of nitrogens with one attached hydrogen (secondary N) is 2. The van der Waals surface area contributed by atoms with Crippen LogP contribution < -0.4 is 11.0 Å². The van der Waals surface area contributed by atoms with Crippen molar-refractivity contribution < 1.29 is 14.8 Å². The Hall–Kier alpha value is -3.88. The lowest BCUT2D eigenvalue weighted by molar-refractivity contribution is -0.384. The number of non-ortho nitro benzene ring substituents is 1. The molecule has 29 heavy (non-hydrogen) atoms. The predicted molar refractivity (Wildman–Crippen MR) is 107 cm³/mol. The molecule has 0 bridgehead atoms. The first kappa shape index (κ1) is 19.9. The van der Waals surface area contributed by atoms with Gasteiger partial charge in [0.15, 0.2) is 0 Å². The molecule has 3 N–H and O–H groups in total. The van der Waals surface area contributed by atoms with E-state index in [2.05, 4.69) is 10.3 Å². The first-order chi connectivity index (χ1) is 13.8. The molecule has 1 heterocycles. The quantitative estimate of drug-likeness (QED) is 0.417. The van der Waals surface area contributed by atoms with Crippen LogP contribution in [0, 0.1) is 10.1 Å². The van der Waals surface area contributed by atoms with E-state index in [-0.39, 0.29) is 30.4 Å². The normalized spacial score (nSPS) is 10.7. The van der Waals surface area contributed by atoms with Crippen molar-refractivity contribution in [1.82, 2.24) is 9.55 Å². The van der Waals surface area contributed by atoms with Crippen molar-refractivity contribution in [3.8, 4) is 5.88 Å². The highest BCUT2D eigenvalue weighted by atomic mass is 16.6. The maximum atomic E-state index is 12.2. The molecule has 0 saturated heterocycles. The van der Waals surface area contributed by atoms with Gasteiger partial charge in [0.1, 0.15) is 0 Å². The molecule has 3 rings (SSSR count). The minimum Gasteiger partial charge on any atom is -0.493 e. The van der Waals surface area contributed by atoms with Crippen LogP contribution in [0.25, 0.3) is 0 Å². The Morgan fingerprint density at radius 3 is 2.34 bits per heavy atom. The van der Waals surface area contributed by atoms with Crippen molar-refractivity contribution in [3.63, 3.8) is 0 Å². The molecule has 9 nitrogen and oxygen atoms in total. The molecule has 2 aromatic carbocycles. The number of rotatable bonds is 7. The summed E-state index contributed by atoms with van der Waals surface area (Å²) < 4.78 is 1.25. The van der Waals surface area contributed by atoms with Gasteiger partial charge in [-0.1, -0.05) is 24.3 Å². The maximum Gasteiger partial charge on any atom is 0.328 e. The van der Waals surface area contributed by atoms with E-state index >= 15 is 0 Å². The zero-order valence-corrected chi connectivity index (χ0v) is 15.7. The molecule has 0 aliphatic carbocycles. The lowest BCUT2D eigenvalue weighted by atomic mass is 10.1. The first-order valence-electron chi connectivity index (χ1n) is 8.94. The van der Waals surface area contributed by atoms with E-state index in [4.69, 9.17) is 0 Å². The molecular formula is C20H20N4O5. The van der Waals surface area contributed by atoms with Crippen molar-refractivity contribution in [2.45, 2.75) is 26.3 Å². The Bertz CT molecular complexity index is 1080. The topological polar surface area (TPSA) is 130 Å². The van der Waals surface area contributed by atoms with Gasteiger partial charge in [0, 0.05) is 37.7 Å². The molecule has 0 unspecified atom stereocenters. The Morgan fingerprint density at radius 2 is 1.76 bits per heavy atom. The van der Waals surface area contributed by atoms with Gasteiger partial charge in [0.25, 0.3) is 5.69 Å². The van der Waals surface area contributed by atoms with Crippen LogP contribution in [0.3, 0.4) is 0 Å². The summed E-state index contributed by atoms with van der Waals surface area (Å²) in [5.41, 5.74) is 2.28. The molecule has 1 aromatic heterocycles. The molecule has 3 aromatic rings. The largest absolute Gasteiger partial charge is 0.493 e. The lowest BCUT2D eigenvalue weighted by Crippen LogP contribution is -2.17. The highest BCUT2D eigenvalue weighted by Crippen LogP contribution is 2.20. The number of amides is 1. The highest BCUT2D eigenvalue weighted by molar-refractivity contribution is 5.88. The third-order valence-electron chi connectivity index (χ3n) is 4.46. The standard InChI is InChI=1S/C20H20N4O5/c1-13(25)21-16-6-2-14(3-7-16)10-11-23-19(26)18(22-20(23)27)12-15-4-8-17(9-5-15)24(28)29/h2-9,26H,10-12H2,1H3,(H,21,25)(H,22,27). The number of carbonyl (C=O) groups excluding carboxylic acids is 1. The van der Waals surface area contributed by atoms with E-state index < -0.39 is 10.6 Å². The number of nitrogens with zero attached hydrogens (tertiary/aromatic N) is 2. The van der Waals surface area contributed by atoms with Gasteiger partial charge in [-0.3, -0.25) is 19.5 Å². The Balaban J connectivity index is 1.68. The summed E-state index contributed by atoms with van der Waals surface area (Å²) in [5.74, 6) is -0.301. The number of imidazole rings is 1. The molecule has 9 heteroatoms. The fourth-order valence-corrected chi connectivity index (χ4v) is 2.98. The van der Waals surface area contributed by atoms with Gasteiger partial charge in [-0.15, -0.1) is 0 Å². The number of anilines is 1. The number of nitro benzene ring substituents is 1. The van der Waals surface area contributed by atoms with Crippen LogP contribution in [0.4, 0.5) is 11.4 Å². The van der Waals surface area contributed by atoms with Crippen molar-refractivity contribution in [2.24, 2.45) is 0 Å². The van der Waals surface area contributed by atoms with Crippen LogP contribution in [0.15, 0.2) is 53.3 Å². The van der Waals surface area contributed by atoms with Gasteiger partial charge >= 0.3 is 5.69 Å². The Morgan fingerprint density at radius 1 is 1.14 bits per heavy atom. The van der Waals surface area contributed by atoms with Crippen molar-refractivity contribution in [2.75, 3.05) is 5.32 Å². The number of H-pyrrole nitrogens is 1. The molecule has 0 spiro atoms. The number of carbonyl (C=O) groups is 1. The fraction of sp³-hybridized carbons (Fsp3) is 0.200. The van der Waals surface area contributed by atoms with Crippen LogP contribution in [-0.2, 0) is 24.2 Å². The second kappa shape index (κ2) is 8.42. The monoisotopic (exact) mass is 396 g/mol. The van der Waals surface area contributed by atoms with Crippen LogP contribution in [0.5, 0.6) is 5.88 Å². The van der Waals surface area contributed by atoms with E-state index in [0.29, 0.717) is 17.8 Å². The van der Waals surface area contributed by atoms with E-state index in [1.807, 2.05) is 12.1 Å². The maximum absolute atomic E-state index is 12.2. The van der Waals surface area contributed by atoms with Crippen molar-refractivity contribution in [3.05, 3.63) is 86.0 Å². The summed E-state index contributed by atoms with van der Waals surface area (Å²) in [7, 11) is 0.